The van der Waals surface area contributed by atoms with Gasteiger partial charge in [-0.1, -0.05) is 20.8 Å². The molecule has 3 heteroatoms. The number of nitrogens with one attached hydrogen (secondary N) is 1. The molecule has 0 aromatic heterocycles. The molecule has 0 bridgehead atoms. The average Bonchev–Trinajstić information content (AvgIpc) is 2.24. The quantitative estimate of drug-likeness (QED) is 0.694. The Balaban J connectivity index is 2.83. The summed E-state index contributed by atoms with van der Waals surface area (Å²) in [5.74, 6) is 0.222. The predicted octanol–water partition coefficient (Wildman–Crippen LogP) is 1.59. The van der Waals surface area contributed by atoms with Gasteiger partial charge in [0.25, 0.3) is 0 Å². The highest BCUT2D eigenvalue weighted by Gasteiger charge is 2.40. The molecule has 1 aliphatic rings. The van der Waals surface area contributed by atoms with Gasteiger partial charge in [0.15, 0.2) is 0 Å². The molecular formula is C11H22N2O. The zero-order chi connectivity index (χ0) is 11.1. The molecule has 82 valence electrons. The summed E-state index contributed by atoms with van der Waals surface area (Å²) in [5, 5.41) is 3.25. The molecule has 1 fully saturated rings. The van der Waals surface area contributed by atoms with Gasteiger partial charge in [-0.25, -0.2) is 0 Å². The topological polar surface area (TPSA) is 32.3 Å². The van der Waals surface area contributed by atoms with Gasteiger partial charge in [-0.05, 0) is 26.2 Å². The molecule has 3 nitrogen and oxygen atoms in total. The summed E-state index contributed by atoms with van der Waals surface area (Å²) in [5.41, 5.74) is 0.135. The van der Waals surface area contributed by atoms with Crippen LogP contribution in [0, 0.1) is 5.41 Å². The monoisotopic (exact) mass is 198 g/mol. The molecule has 3 atom stereocenters. The lowest BCUT2D eigenvalue weighted by Crippen LogP contribution is -2.47. The van der Waals surface area contributed by atoms with Crippen LogP contribution in [0.3, 0.4) is 0 Å². The molecule has 1 N–H and O–H groups in total. The molecule has 1 rings (SSSR count). The van der Waals surface area contributed by atoms with Gasteiger partial charge in [-0.3, -0.25) is 10.1 Å². The van der Waals surface area contributed by atoms with Crippen molar-refractivity contribution in [2.24, 2.45) is 5.41 Å². The minimum atomic E-state index is -0.0326. The molecule has 1 aliphatic heterocycles. The average molecular weight is 198 g/mol. The van der Waals surface area contributed by atoms with Crippen LogP contribution in [0.1, 0.15) is 41.5 Å². The lowest BCUT2D eigenvalue weighted by atomic mass is 9.86. The summed E-state index contributed by atoms with van der Waals surface area (Å²) in [7, 11) is 0. The van der Waals surface area contributed by atoms with Crippen molar-refractivity contribution in [2.45, 2.75) is 59.8 Å². The molecular weight excluding hydrogens is 176 g/mol. The second-order valence-corrected chi connectivity index (χ2v) is 5.35. The van der Waals surface area contributed by atoms with E-state index in [-0.39, 0.29) is 29.6 Å². The minimum absolute atomic E-state index is 0.0326. The Morgan fingerprint density at radius 1 is 1.36 bits per heavy atom. The SMILES string of the molecule is CC1NC(C)N(C(C)C(C)(C)C)C1=O. The number of nitrogens with zero attached hydrogens (tertiary/aromatic N) is 1. The Labute approximate surface area is 86.9 Å². The summed E-state index contributed by atoms with van der Waals surface area (Å²) >= 11 is 0. The van der Waals surface area contributed by atoms with E-state index in [0.29, 0.717) is 0 Å². The number of hydrogen-bond donors (Lipinski definition) is 1. The summed E-state index contributed by atoms with van der Waals surface area (Å²) in [6.45, 7) is 12.6. The lowest BCUT2D eigenvalue weighted by molar-refractivity contribution is -0.133. The van der Waals surface area contributed by atoms with E-state index in [1.54, 1.807) is 0 Å². The molecule has 0 aromatic carbocycles. The third-order valence-electron chi connectivity index (χ3n) is 3.20. The fourth-order valence-corrected chi connectivity index (χ4v) is 1.87. The van der Waals surface area contributed by atoms with Crippen LogP contribution >= 0.6 is 0 Å². The van der Waals surface area contributed by atoms with Crippen LogP contribution in [0.4, 0.5) is 0 Å². The van der Waals surface area contributed by atoms with E-state index in [0.717, 1.165) is 0 Å². The molecule has 0 saturated carbocycles. The third-order valence-corrected chi connectivity index (χ3v) is 3.20. The number of carbonyl (C=O) groups is 1. The van der Waals surface area contributed by atoms with Crippen molar-refractivity contribution >= 4 is 5.91 Å². The van der Waals surface area contributed by atoms with Gasteiger partial charge in [-0.2, -0.15) is 0 Å². The molecule has 0 aromatic rings. The molecule has 3 unspecified atom stereocenters. The molecule has 0 spiro atoms. The lowest BCUT2D eigenvalue weighted by Gasteiger charge is -2.37. The zero-order valence-corrected chi connectivity index (χ0v) is 10.1. The Hall–Kier alpha value is -0.570. The van der Waals surface area contributed by atoms with Crippen LogP contribution < -0.4 is 5.32 Å². The van der Waals surface area contributed by atoms with Gasteiger partial charge >= 0.3 is 0 Å². The van der Waals surface area contributed by atoms with E-state index in [4.69, 9.17) is 0 Å². The minimum Gasteiger partial charge on any atom is -0.323 e. The van der Waals surface area contributed by atoms with Crippen LogP contribution in [0.15, 0.2) is 0 Å². The summed E-state index contributed by atoms with van der Waals surface area (Å²) in [6, 6.07) is 0.234. The first-order valence-corrected chi connectivity index (χ1v) is 5.33. The fourth-order valence-electron chi connectivity index (χ4n) is 1.87. The summed E-state index contributed by atoms with van der Waals surface area (Å²) in [6.07, 6.45) is 0.159. The van der Waals surface area contributed by atoms with E-state index in [2.05, 4.69) is 33.0 Å². The maximum Gasteiger partial charge on any atom is 0.240 e. The van der Waals surface area contributed by atoms with Crippen LogP contribution in [-0.4, -0.2) is 29.1 Å². The largest absolute Gasteiger partial charge is 0.323 e. The van der Waals surface area contributed by atoms with Crippen molar-refractivity contribution in [2.75, 3.05) is 0 Å². The van der Waals surface area contributed by atoms with E-state index in [9.17, 15) is 4.79 Å². The van der Waals surface area contributed by atoms with Gasteiger partial charge in [0.05, 0.1) is 12.2 Å². The van der Waals surface area contributed by atoms with E-state index in [1.807, 2.05) is 18.7 Å². The van der Waals surface area contributed by atoms with Crippen molar-refractivity contribution < 1.29 is 4.79 Å². The van der Waals surface area contributed by atoms with Gasteiger partial charge in [-0.15, -0.1) is 0 Å². The first-order chi connectivity index (χ1) is 6.25. The molecule has 1 amide bonds. The van der Waals surface area contributed by atoms with Crippen LogP contribution in [-0.2, 0) is 4.79 Å². The van der Waals surface area contributed by atoms with Gasteiger partial charge in [0.1, 0.15) is 0 Å². The zero-order valence-electron chi connectivity index (χ0n) is 10.1. The summed E-state index contributed by atoms with van der Waals surface area (Å²) < 4.78 is 0. The second-order valence-electron chi connectivity index (χ2n) is 5.35. The fraction of sp³-hybridized carbons (Fsp3) is 0.909. The second kappa shape index (κ2) is 3.54. The first-order valence-electron chi connectivity index (χ1n) is 5.33. The highest BCUT2D eigenvalue weighted by atomic mass is 16.2. The molecule has 14 heavy (non-hydrogen) atoms. The molecule has 0 radical (unpaired) electrons. The number of hydrogen-bond acceptors (Lipinski definition) is 2. The standard InChI is InChI=1S/C11H22N2O/c1-7-10(14)13(9(3)12-7)8(2)11(4,5)6/h7-9,12H,1-6H3. The predicted molar refractivity (Wildman–Crippen MR) is 57.8 cm³/mol. The van der Waals surface area contributed by atoms with Crippen molar-refractivity contribution in [3.63, 3.8) is 0 Å². The Morgan fingerprint density at radius 3 is 2.14 bits per heavy atom. The maximum atomic E-state index is 11.9. The molecule has 1 heterocycles. The van der Waals surface area contributed by atoms with Crippen molar-refractivity contribution in [3.8, 4) is 0 Å². The maximum absolute atomic E-state index is 11.9. The molecule has 1 saturated heterocycles. The van der Waals surface area contributed by atoms with Crippen LogP contribution in [0.5, 0.6) is 0 Å². The van der Waals surface area contributed by atoms with Gasteiger partial charge in [0, 0.05) is 6.04 Å². The van der Waals surface area contributed by atoms with E-state index in [1.165, 1.54) is 0 Å². The molecule has 0 aliphatic carbocycles. The van der Waals surface area contributed by atoms with E-state index >= 15 is 0 Å². The number of carbonyl (C=O) groups excluding carboxylic acids is 1. The van der Waals surface area contributed by atoms with Crippen molar-refractivity contribution in [3.05, 3.63) is 0 Å². The van der Waals surface area contributed by atoms with Gasteiger partial charge < -0.3 is 4.90 Å². The number of amides is 1. The van der Waals surface area contributed by atoms with Gasteiger partial charge in [0.2, 0.25) is 5.91 Å². The highest BCUT2D eigenvalue weighted by molar-refractivity contribution is 5.84. The Morgan fingerprint density at radius 2 is 1.86 bits per heavy atom. The third kappa shape index (κ3) is 1.92. The van der Waals surface area contributed by atoms with E-state index < -0.39 is 0 Å². The smallest absolute Gasteiger partial charge is 0.240 e. The van der Waals surface area contributed by atoms with Crippen molar-refractivity contribution in [1.29, 1.82) is 0 Å². The Kier molecular flexibility index (Phi) is 2.91. The van der Waals surface area contributed by atoms with Crippen LogP contribution in [0.25, 0.3) is 0 Å². The van der Waals surface area contributed by atoms with Crippen molar-refractivity contribution in [1.82, 2.24) is 10.2 Å². The summed E-state index contributed by atoms with van der Waals surface area (Å²) in [4.78, 5) is 13.8. The first kappa shape index (κ1) is 11.5. The Bertz CT molecular complexity index is 232. The highest BCUT2D eigenvalue weighted by Crippen LogP contribution is 2.27. The number of rotatable bonds is 1. The normalized spacial score (nSPS) is 31.0. The van der Waals surface area contributed by atoms with Crippen LogP contribution in [0.2, 0.25) is 0 Å².